The minimum atomic E-state index is -3.55. The minimum Gasteiger partial charge on any atom is -0.489 e. The highest BCUT2D eigenvalue weighted by molar-refractivity contribution is 7.90. The van der Waals surface area contributed by atoms with Crippen LogP contribution in [0.3, 0.4) is 0 Å². The molecule has 12 heteroatoms. The first kappa shape index (κ1) is 27.1. The molecule has 10 nitrogen and oxygen atoms in total. The molecular weight excluding hydrogens is 530 g/mol. The van der Waals surface area contributed by atoms with Crippen LogP contribution < -0.4 is 20.7 Å². The molecule has 0 aliphatic carbocycles. The predicted molar refractivity (Wildman–Crippen MR) is 142 cm³/mol. The number of anilines is 2. The highest BCUT2D eigenvalue weighted by atomic mass is 35.5. The monoisotopic (exact) mass is 553 g/mol. The number of amides is 2. The van der Waals surface area contributed by atoms with Crippen molar-refractivity contribution >= 4 is 44.8 Å². The first-order valence-corrected chi connectivity index (χ1v) is 13.9. The molecule has 2 aromatic carbocycles. The number of aromatic nitrogens is 1. The number of nitriles is 1. The van der Waals surface area contributed by atoms with Gasteiger partial charge in [-0.3, -0.25) is 9.59 Å². The van der Waals surface area contributed by atoms with Crippen LogP contribution in [0.2, 0.25) is 5.02 Å². The highest BCUT2D eigenvalue weighted by Gasteiger charge is 2.23. The molecule has 3 N–H and O–H groups in total. The van der Waals surface area contributed by atoms with E-state index in [4.69, 9.17) is 16.3 Å². The molecule has 2 heterocycles. The van der Waals surface area contributed by atoms with Gasteiger partial charge in [0, 0.05) is 12.5 Å². The zero-order valence-electron chi connectivity index (χ0n) is 20.3. The van der Waals surface area contributed by atoms with E-state index in [-0.39, 0.29) is 44.9 Å². The van der Waals surface area contributed by atoms with E-state index in [1.54, 1.807) is 6.07 Å². The Morgan fingerprint density at radius 2 is 1.76 bits per heavy atom. The van der Waals surface area contributed by atoms with Crippen molar-refractivity contribution in [2.24, 2.45) is 0 Å². The molecule has 4 rings (SSSR count). The van der Waals surface area contributed by atoms with Crippen LogP contribution in [0.25, 0.3) is 0 Å². The van der Waals surface area contributed by atoms with Gasteiger partial charge in [0.25, 0.3) is 11.8 Å². The van der Waals surface area contributed by atoms with Crippen molar-refractivity contribution in [1.82, 2.24) is 10.3 Å². The number of halogens is 1. The SMILES string of the molecule is CS(=O)(=O)c1ccc(C(=O)Nc2cc(C#N)ccc2C(=O)Nc2ccc(Cl)cn2)c(OC2CCNCC2)c1. The fraction of sp³-hybridized carbons (Fsp3) is 0.231. The second-order valence-electron chi connectivity index (χ2n) is 8.64. The van der Waals surface area contributed by atoms with E-state index >= 15 is 0 Å². The maximum absolute atomic E-state index is 13.4. The van der Waals surface area contributed by atoms with Gasteiger partial charge in [0.2, 0.25) is 0 Å². The summed E-state index contributed by atoms with van der Waals surface area (Å²) in [6.45, 7) is 1.47. The zero-order chi connectivity index (χ0) is 27.3. The van der Waals surface area contributed by atoms with E-state index < -0.39 is 21.7 Å². The Kier molecular flexibility index (Phi) is 8.26. The number of nitrogens with zero attached hydrogens (tertiary/aromatic N) is 2. The van der Waals surface area contributed by atoms with Gasteiger partial charge in [0.15, 0.2) is 9.84 Å². The Balaban J connectivity index is 1.65. The first-order chi connectivity index (χ1) is 18.1. The number of piperidine rings is 1. The third kappa shape index (κ3) is 6.66. The van der Waals surface area contributed by atoms with Gasteiger partial charge in [-0.1, -0.05) is 11.6 Å². The van der Waals surface area contributed by atoms with Crippen molar-refractivity contribution in [3.8, 4) is 11.8 Å². The van der Waals surface area contributed by atoms with E-state index in [9.17, 15) is 23.3 Å². The minimum absolute atomic E-state index is 0.0139. The number of rotatable bonds is 7. The third-order valence-corrected chi connectivity index (χ3v) is 7.15. The van der Waals surface area contributed by atoms with E-state index in [0.717, 1.165) is 19.3 Å². The molecule has 0 saturated carbocycles. The van der Waals surface area contributed by atoms with Gasteiger partial charge in [-0.05, 0) is 74.5 Å². The van der Waals surface area contributed by atoms with Gasteiger partial charge in [0.05, 0.1) is 38.4 Å². The summed E-state index contributed by atoms with van der Waals surface area (Å²) in [5.74, 6) is -0.846. The van der Waals surface area contributed by atoms with Crippen LogP contribution in [0.4, 0.5) is 11.5 Å². The summed E-state index contributed by atoms with van der Waals surface area (Å²) in [4.78, 5) is 30.5. The molecule has 1 aliphatic heterocycles. The van der Waals surface area contributed by atoms with Crippen molar-refractivity contribution < 1.29 is 22.7 Å². The molecule has 3 aromatic rings. The fourth-order valence-corrected chi connectivity index (χ4v) is 4.60. The standard InChI is InChI=1S/C26H24ClN5O5S/c1-38(35,36)19-4-6-21(23(13-19)37-18-8-10-29-11-9-18)26(34)31-22-12-16(14-28)2-5-20(22)25(33)32-24-7-3-17(27)15-30-24/h2-7,12-13,15,18,29H,8-11H2,1H3,(H,31,34)(H,30,32,33). The number of hydrogen-bond acceptors (Lipinski definition) is 8. The van der Waals surface area contributed by atoms with Gasteiger partial charge < -0.3 is 20.7 Å². The van der Waals surface area contributed by atoms with Crippen molar-refractivity contribution in [1.29, 1.82) is 5.26 Å². The van der Waals surface area contributed by atoms with Crippen LogP contribution in [0.5, 0.6) is 5.75 Å². The van der Waals surface area contributed by atoms with Crippen molar-refractivity contribution in [3.05, 3.63) is 76.4 Å². The largest absolute Gasteiger partial charge is 0.489 e. The van der Waals surface area contributed by atoms with Crippen LogP contribution in [0, 0.1) is 11.3 Å². The van der Waals surface area contributed by atoms with E-state index in [2.05, 4.69) is 20.9 Å². The van der Waals surface area contributed by atoms with Gasteiger partial charge in [0.1, 0.15) is 17.7 Å². The Bertz CT molecular complexity index is 1510. The van der Waals surface area contributed by atoms with Crippen LogP contribution >= 0.6 is 11.6 Å². The molecule has 0 unspecified atom stereocenters. The molecule has 196 valence electrons. The predicted octanol–water partition coefficient (Wildman–Crippen LogP) is 3.65. The lowest BCUT2D eigenvalue weighted by Crippen LogP contribution is -2.34. The number of carbonyl (C=O) groups excluding carboxylic acids is 2. The molecule has 1 aliphatic rings. The van der Waals surface area contributed by atoms with Crippen LogP contribution in [-0.2, 0) is 9.84 Å². The third-order valence-electron chi connectivity index (χ3n) is 5.82. The number of sulfone groups is 1. The maximum Gasteiger partial charge on any atom is 0.259 e. The lowest BCUT2D eigenvalue weighted by molar-refractivity contribution is 0.101. The summed E-state index contributed by atoms with van der Waals surface area (Å²) in [6.07, 6.45) is 3.63. The lowest BCUT2D eigenvalue weighted by Gasteiger charge is -2.25. The first-order valence-electron chi connectivity index (χ1n) is 11.6. The quantitative estimate of drug-likeness (QED) is 0.401. The second kappa shape index (κ2) is 11.6. The Hall–Kier alpha value is -3.98. The number of ether oxygens (including phenoxy) is 1. The zero-order valence-corrected chi connectivity index (χ0v) is 21.9. The van der Waals surface area contributed by atoms with E-state index in [1.807, 2.05) is 6.07 Å². The van der Waals surface area contributed by atoms with Gasteiger partial charge in [-0.25, -0.2) is 13.4 Å². The average Bonchev–Trinajstić information content (AvgIpc) is 2.90. The summed E-state index contributed by atoms with van der Waals surface area (Å²) in [5, 5.41) is 18.3. The van der Waals surface area contributed by atoms with E-state index in [1.165, 1.54) is 48.7 Å². The number of benzene rings is 2. The molecule has 1 saturated heterocycles. The number of nitrogens with one attached hydrogen (secondary N) is 3. The average molecular weight is 554 g/mol. The highest BCUT2D eigenvalue weighted by Crippen LogP contribution is 2.28. The Labute approximate surface area is 224 Å². The molecule has 0 radical (unpaired) electrons. The molecule has 0 bridgehead atoms. The summed E-state index contributed by atoms with van der Waals surface area (Å²) < 4.78 is 30.4. The summed E-state index contributed by atoms with van der Waals surface area (Å²) in [7, 11) is -3.55. The summed E-state index contributed by atoms with van der Waals surface area (Å²) in [6, 6.07) is 13.3. The van der Waals surface area contributed by atoms with Crippen LogP contribution in [0.15, 0.2) is 59.6 Å². The van der Waals surface area contributed by atoms with Crippen molar-refractivity contribution in [3.63, 3.8) is 0 Å². The molecule has 0 spiro atoms. The van der Waals surface area contributed by atoms with Gasteiger partial charge >= 0.3 is 0 Å². The van der Waals surface area contributed by atoms with Gasteiger partial charge in [-0.15, -0.1) is 0 Å². The molecule has 38 heavy (non-hydrogen) atoms. The van der Waals surface area contributed by atoms with Crippen LogP contribution in [0.1, 0.15) is 39.1 Å². The molecule has 1 aromatic heterocycles. The number of hydrogen-bond donors (Lipinski definition) is 3. The summed E-state index contributed by atoms with van der Waals surface area (Å²) in [5.41, 5.74) is 0.479. The van der Waals surface area contributed by atoms with Crippen LogP contribution in [-0.4, -0.2) is 50.7 Å². The van der Waals surface area contributed by atoms with Crippen molar-refractivity contribution in [2.75, 3.05) is 30.0 Å². The molecule has 2 amide bonds. The smallest absolute Gasteiger partial charge is 0.259 e. The van der Waals surface area contributed by atoms with Gasteiger partial charge in [-0.2, -0.15) is 5.26 Å². The maximum atomic E-state index is 13.4. The fourth-order valence-electron chi connectivity index (χ4n) is 3.85. The normalized spacial score (nSPS) is 13.8. The van der Waals surface area contributed by atoms with Crippen molar-refractivity contribution in [2.45, 2.75) is 23.8 Å². The molecule has 1 fully saturated rings. The molecule has 0 atom stereocenters. The lowest BCUT2D eigenvalue weighted by atomic mass is 10.1. The number of carbonyl (C=O) groups is 2. The Morgan fingerprint density at radius 1 is 1.05 bits per heavy atom. The van der Waals surface area contributed by atoms with E-state index in [0.29, 0.717) is 17.9 Å². The molecular formula is C26H24ClN5O5S. The number of pyridine rings is 1. The summed E-state index contributed by atoms with van der Waals surface area (Å²) >= 11 is 5.85. The second-order valence-corrected chi connectivity index (χ2v) is 11.1. The topological polar surface area (TPSA) is 150 Å². The Morgan fingerprint density at radius 3 is 2.42 bits per heavy atom.